The Labute approximate surface area is 397 Å². The molecule has 4 heterocycles. The minimum absolute atomic E-state index is 0.0479. The normalized spacial score (nSPS) is 27.8. The standard InChI is InChI=1S/C51H66N4O13/c1-27-13-11-14-28(2)50(63)53-41-36(25-52-55-21-12-20-54(22-23-55)26-34-15-17-35(64-9)18-16-34)45(60)38-39(46(41)61)44(59)32(6)48-40(38)49(62)51(8,68-48)66-24-19-37(65-10)29(3)47(67-33(7)56)31(5)43(58)30(4)42(27)57/h11,13-19,24-25,27,29-31,37,42-43,47,57-61H,12,20-23,26H2,1-10H3,(H,53,63)/t27-,29+,30-,31-,37+,42+,43-,47+,51+/m1/s1. The van der Waals surface area contributed by atoms with Crippen LogP contribution < -0.4 is 14.8 Å². The highest BCUT2D eigenvalue weighted by atomic mass is 16.7. The van der Waals surface area contributed by atoms with E-state index >= 15 is 0 Å². The maximum absolute atomic E-state index is 14.6. The number of ether oxygens (including phenoxy) is 5. The first-order valence-corrected chi connectivity index (χ1v) is 22.9. The number of nitrogens with zero attached hydrogens (tertiary/aromatic N) is 3. The predicted octanol–water partition coefficient (Wildman–Crippen LogP) is 6.30. The van der Waals surface area contributed by atoms with Gasteiger partial charge in [0.1, 0.15) is 29.1 Å². The average Bonchev–Trinajstić information content (AvgIpc) is 3.41. The van der Waals surface area contributed by atoms with Crippen LogP contribution in [0.4, 0.5) is 5.69 Å². The van der Waals surface area contributed by atoms with Crippen LogP contribution in [0.2, 0.25) is 0 Å². The minimum atomic E-state index is -2.07. The summed E-state index contributed by atoms with van der Waals surface area (Å²) < 4.78 is 29.1. The first-order chi connectivity index (χ1) is 32.2. The quantitative estimate of drug-likeness (QED) is 0.0661. The molecule has 0 aromatic heterocycles. The lowest BCUT2D eigenvalue weighted by Crippen LogP contribution is -2.46. The Bertz CT molecular complexity index is 2490. The largest absolute Gasteiger partial charge is 0.507 e. The van der Waals surface area contributed by atoms with Gasteiger partial charge in [0.15, 0.2) is 5.75 Å². The third-order valence-corrected chi connectivity index (χ3v) is 13.5. The number of anilines is 1. The molecule has 6 N–H and O–H groups in total. The lowest BCUT2D eigenvalue weighted by atomic mass is 9.78. The van der Waals surface area contributed by atoms with Crippen LogP contribution in [0.5, 0.6) is 28.7 Å². The van der Waals surface area contributed by atoms with Crippen molar-refractivity contribution in [1.82, 2.24) is 9.91 Å². The molecule has 68 heavy (non-hydrogen) atoms. The summed E-state index contributed by atoms with van der Waals surface area (Å²) in [7, 11) is 3.06. The number of benzene rings is 3. The van der Waals surface area contributed by atoms with E-state index in [1.807, 2.05) is 29.3 Å². The van der Waals surface area contributed by atoms with E-state index in [4.69, 9.17) is 28.8 Å². The van der Waals surface area contributed by atoms with Crippen molar-refractivity contribution in [3.63, 3.8) is 0 Å². The van der Waals surface area contributed by atoms with E-state index in [0.29, 0.717) is 26.2 Å². The van der Waals surface area contributed by atoms with Crippen LogP contribution in [-0.4, -0.2) is 130 Å². The number of phenols is 3. The lowest BCUT2D eigenvalue weighted by Gasteiger charge is -2.38. The summed E-state index contributed by atoms with van der Waals surface area (Å²) in [6.45, 7) is 15.8. The van der Waals surface area contributed by atoms with Crippen LogP contribution in [0.1, 0.15) is 81.9 Å². The van der Waals surface area contributed by atoms with Gasteiger partial charge < -0.3 is 54.5 Å². The molecule has 1 saturated heterocycles. The molecule has 1 amide bonds. The fraction of sp³-hybridized carbons (Fsp3) is 0.490. The number of methoxy groups -OCH3 is 2. The van der Waals surface area contributed by atoms with Gasteiger partial charge in [-0.15, -0.1) is 0 Å². The number of ketones is 1. The molecule has 0 radical (unpaired) electrons. The number of phenolic OH excluding ortho intramolecular Hbond substituents is 3. The number of fused-ring (bicyclic) bond motifs is 14. The number of aliphatic hydroxyl groups excluding tert-OH is 2. The molecule has 4 aliphatic rings. The van der Waals surface area contributed by atoms with Gasteiger partial charge in [-0.05, 0) is 44.0 Å². The van der Waals surface area contributed by atoms with Gasteiger partial charge in [0.25, 0.3) is 11.7 Å². The summed E-state index contributed by atoms with van der Waals surface area (Å²) in [5.41, 5.74) is 0.723. The van der Waals surface area contributed by atoms with Crippen LogP contribution in [0, 0.1) is 30.6 Å². The summed E-state index contributed by atoms with van der Waals surface area (Å²) in [5.74, 6) is -7.71. The molecular weight excluding hydrogens is 877 g/mol. The average molecular weight is 943 g/mol. The maximum atomic E-state index is 14.6. The van der Waals surface area contributed by atoms with Gasteiger partial charge in [-0.1, -0.05) is 58.1 Å². The van der Waals surface area contributed by atoms with E-state index in [-0.39, 0.29) is 44.5 Å². The van der Waals surface area contributed by atoms with Gasteiger partial charge in [-0.2, -0.15) is 5.10 Å². The van der Waals surface area contributed by atoms with Gasteiger partial charge in [0, 0.05) is 93.9 Å². The van der Waals surface area contributed by atoms with Gasteiger partial charge in [0.2, 0.25) is 0 Å². The molecule has 7 rings (SSSR count). The smallest absolute Gasteiger partial charge is 0.312 e. The third kappa shape index (κ3) is 10.6. The first kappa shape index (κ1) is 51.3. The van der Waals surface area contributed by atoms with Crippen LogP contribution in [0.15, 0.2) is 65.5 Å². The number of rotatable bonds is 7. The molecule has 3 aromatic rings. The number of amides is 1. The summed E-state index contributed by atoms with van der Waals surface area (Å²) in [6.07, 6.45) is 5.61. The number of hydrogen-bond donors (Lipinski definition) is 6. The van der Waals surface area contributed by atoms with Crippen molar-refractivity contribution in [2.75, 3.05) is 45.7 Å². The molecule has 17 heteroatoms. The molecule has 9 atom stereocenters. The van der Waals surface area contributed by atoms with Crippen molar-refractivity contribution in [3.8, 4) is 28.7 Å². The summed E-state index contributed by atoms with van der Waals surface area (Å²) >= 11 is 0. The number of Topliss-reactive ketones (excluding diaryl/α,β-unsaturated/α-hetero) is 1. The molecule has 5 bridgehead atoms. The Kier molecular flexibility index (Phi) is 16.2. The van der Waals surface area contributed by atoms with Crippen LogP contribution in [0.3, 0.4) is 0 Å². The number of esters is 1. The number of carbonyl (C=O) groups is 3. The second-order valence-corrected chi connectivity index (χ2v) is 18.3. The zero-order chi connectivity index (χ0) is 49.8. The Morgan fingerprint density at radius 1 is 0.912 bits per heavy atom. The Balaban J connectivity index is 1.45. The lowest BCUT2D eigenvalue weighted by molar-refractivity contribution is -0.160. The Morgan fingerprint density at radius 2 is 1.62 bits per heavy atom. The Morgan fingerprint density at radius 3 is 2.28 bits per heavy atom. The minimum Gasteiger partial charge on any atom is -0.507 e. The predicted molar refractivity (Wildman–Crippen MR) is 256 cm³/mol. The summed E-state index contributed by atoms with van der Waals surface area (Å²) in [6, 6.07) is 7.89. The number of carbonyl (C=O) groups excluding carboxylic acids is 3. The monoisotopic (exact) mass is 942 g/mol. The zero-order valence-electron chi connectivity index (χ0n) is 40.5. The maximum Gasteiger partial charge on any atom is 0.312 e. The number of aliphatic hydroxyl groups is 2. The highest BCUT2D eigenvalue weighted by molar-refractivity contribution is 6.23. The molecule has 368 valence electrons. The highest BCUT2D eigenvalue weighted by Crippen LogP contribution is 2.55. The van der Waals surface area contributed by atoms with Gasteiger partial charge in [-0.3, -0.25) is 24.3 Å². The van der Waals surface area contributed by atoms with Crippen LogP contribution >= 0.6 is 0 Å². The summed E-state index contributed by atoms with van der Waals surface area (Å²) in [4.78, 5) is 43.3. The van der Waals surface area contributed by atoms with Crippen molar-refractivity contribution in [2.45, 2.75) is 98.6 Å². The van der Waals surface area contributed by atoms with Crippen LogP contribution in [-0.2, 0) is 30.3 Å². The van der Waals surface area contributed by atoms with E-state index in [1.165, 1.54) is 59.4 Å². The molecule has 0 saturated carbocycles. The number of allylic oxidation sites excluding steroid dienone is 2. The SMILES string of the molecule is COc1ccc(CN2CCCN(N=Cc3c4c(O)c5c(O)c(C)c6c(c5c3O)C(=O)[C@@](C)(OC=C[C@H](OC)[C@H](C)[C@H](OC(C)=O)[C@H](C)[C@H](O)[C@H](C)[C@@H](O)[C@H](C)C=CC=C(C)C(=O)N4)O6)CC2)cc1. The van der Waals surface area contributed by atoms with E-state index in [0.717, 1.165) is 24.3 Å². The van der Waals surface area contributed by atoms with Gasteiger partial charge >= 0.3 is 11.8 Å². The third-order valence-electron chi connectivity index (χ3n) is 13.5. The second-order valence-electron chi connectivity index (χ2n) is 18.3. The second kappa shape index (κ2) is 21.4. The number of hydrogen-bond acceptors (Lipinski definition) is 16. The van der Waals surface area contributed by atoms with Crippen molar-refractivity contribution in [2.24, 2.45) is 28.8 Å². The van der Waals surface area contributed by atoms with E-state index in [1.54, 1.807) is 47.0 Å². The molecule has 0 unspecified atom stereocenters. The fourth-order valence-corrected chi connectivity index (χ4v) is 9.23. The molecule has 1 fully saturated rings. The molecule has 17 nitrogen and oxygen atoms in total. The van der Waals surface area contributed by atoms with Crippen molar-refractivity contribution >= 4 is 40.3 Å². The van der Waals surface area contributed by atoms with Crippen LogP contribution in [0.25, 0.3) is 10.8 Å². The molecule has 0 spiro atoms. The molecule has 0 aliphatic carbocycles. The van der Waals surface area contributed by atoms with E-state index < -0.39 is 88.8 Å². The van der Waals surface area contributed by atoms with Crippen molar-refractivity contribution < 1.29 is 63.6 Å². The molecule has 4 aliphatic heterocycles. The molecule has 3 aromatic carbocycles. The Hall–Kier alpha value is -6.14. The van der Waals surface area contributed by atoms with Gasteiger partial charge in [0.05, 0.1) is 60.1 Å². The topological polar surface area (TPSA) is 229 Å². The number of aromatic hydroxyl groups is 3. The fourth-order valence-electron chi connectivity index (χ4n) is 9.23. The number of nitrogens with one attached hydrogen (secondary N) is 1. The number of hydrazone groups is 1. The zero-order valence-corrected chi connectivity index (χ0v) is 40.5. The van der Waals surface area contributed by atoms with Crippen molar-refractivity contribution in [1.29, 1.82) is 0 Å². The van der Waals surface area contributed by atoms with Gasteiger partial charge in [-0.25, -0.2) is 0 Å². The summed E-state index contributed by atoms with van der Waals surface area (Å²) in [5, 5.41) is 67.9. The first-order valence-electron chi connectivity index (χ1n) is 22.9. The van der Waals surface area contributed by atoms with Crippen molar-refractivity contribution in [3.05, 3.63) is 82.7 Å². The van der Waals surface area contributed by atoms with E-state index in [9.17, 15) is 39.9 Å². The highest BCUT2D eigenvalue weighted by Gasteiger charge is 2.50. The molecular formula is C51H66N4O13. The van der Waals surface area contributed by atoms with E-state index in [2.05, 4.69) is 10.2 Å².